The molecule has 0 spiro atoms. The lowest BCUT2D eigenvalue weighted by Gasteiger charge is -2.22. The van der Waals surface area contributed by atoms with E-state index in [9.17, 15) is 5.11 Å². The average Bonchev–Trinajstić information content (AvgIpc) is 2.48. The van der Waals surface area contributed by atoms with Crippen molar-refractivity contribution in [3.63, 3.8) is 0 Å². The van der Waals surface area contributed by atoms with Crippen LogP contribution in [0.15, 0.2) is 24.3 Å². The summed E-state index contributed by atoms with van der Waals surface area (Å²) in [5, 5.41) is 13.4. The second-order valence-electron chi connectivity index (χ2n) is 5.66. The van der Waals surface area contributed by atoms with Crippen LogP contribution in [0.5, 0.6) is 0 Å². The van der Waals surface area contributed by atoms with Gasteiger partial charge >= 0.3 is 0 Å². The minimum Gasteiger partial charge on any atom is -0.388 e. The fraction of sp³-hybridized carbons (Fsp3) is 0.647. The molecule has 0 aromatic heterocycles. The van der Waals surface area contributed by atoms with E-state index in [-0.39, 0.29) is 6.10 Å². The third-order valence-corrected chi connectivity index (χ3v) is 4.24. The van der Waals surface area contributed by atoms with Crippen molar-refractivity contribution in [3.8, 4) is 0 Å². The topological polar surface area (TPSA) is 32.3 Å². The van der Waals surface area contributed by atoms with Gasteiger partial charge in [-0.15, -0.1) is 0 Å². The summed E-state index contributed by atoms with van der Waals surface area (Å²) in [6.07, 6.45) is 7.27. The van der Waals surface area contributed by atoms with Crippen molar-refractivity contribution in [1.82, 2.24) is 5.32 Å². The molecule has 1 unspecified atom stereocenters. The van der Waals surface area contributed by atoms with Crippen LogP contribution in [-0.4, -0.2) is 18.2 Å². The first-order valence-corrected chi connectivity index (χ1v) is 7.80. The van der Waals surface area contributed by atoms with Gasteiger partial charge in [-0.25, -0.2) is 0 Å². The van der Waals surface area contributed by atoms with E-state index in [1.165, 1.54) is 37.7 Å². The maximum atomic E-state index is 10.1. The minimum absolute atomic E-state index is 0.334. The molecular formula is C17H27NO. The van der Waals surface area contributed by atoms with E-state index in [1.54, 1.807) is 0 Å². The molecule has 106 valence electrons. The summed E-state index contributed by atoms with van der Waals surface area (Å²) >= 11 is 0. The smallest absolute Gasteiger partial charge is 0.0802 e. The van der Waals surface area contributed by atoms with Crippen molar-refractivity contribution >= 4 is 0 Å². The highest BCUT2D eigenvalue weighted by atomic mass is 16.3. The molecule has 1 aromatic rings. The molecule has 2 heteroatoms. The summed E-state index contributed by atoms with van der Waals surface area (Å²) < 4.78 is 0. The number of hydrogen-bond acceptors (Lipinski definition) is 2. The number of benzene rings is 1. The van der Waals surface area contributed by atoms with Gasteiger partial charge in [-0.1, -0.05) is 50.5 Å². The Hall–Kier alpha value is -0.860. The van der Waals surface area contributed by atoms with Gasteiger partial charge in [-0.05, 0) is 49.4 Å². The first kappa shape index (κ1) is 14.5. The van der Waals surface area contributed by atoms with Gasteiger partial charge in [-0.2, -0.15) is 0 Å². The van der Waals surface area contributed by atoms with Crippen LogP contribution in [0.1, 0.15) is 68.6 Å². The van der Waals surface area contributed by atoms with E-state index in [4.69, 9.17) is 0 Å². The molecule has 1 fully saturated rings. The Kier molecular flexibility index (Phi) is 5.87. The number of hydrogen-bond donors (Lipinski definition) is 2. The van der Waals surface area contributed by atoms with E-state index >= 15 is 0 Å². The second-order valence-corrected chi connectivity index (χ2v) is 5.66. The van der Waals surface area contributed by atoms with Crippen LogP contribution < -0.4 is 5.32 Å². The monoisotopic (exact) mass is 261 g/mol. The number of aliphatic hydroxyl groups is 1. The van der Waals surface area contributed by atoms with Crippen LogP contribution >= 0.6 is 0 Å². The fourth-order valence-electron chi connectivity index (χ4n) is 3.01. The van der Waals surface area contributed by atoms with Crippen molar-refractivity contribution in [2.45, 2.75) is 57.5 Å². The van der Waals surface area contributed by atoms with Gasteiger partial charge in [0.25, 0.3) is 0 Å². The van der Waals surface area contributed by atoms with Crippen LogP contribution in [0.25, 0.3) is 0 Å². The zero-order chi connectivity index (χ0) is 13.5. The molecule has 0 radical (unpaired) electrons. The SMILES string of the molecule is CCNCCC(O)c1ccc(C2CCCCC2)cc1. The molecule has 2 rings (SSSR count). The Labute approximate surface area is 117 Å². The molecular weight excluding hydrogens is 234 g/mol. The molecule has 0 saturated heterocycles. The maximum Gasteiger partial charge on any atom is 0.0802 e. The van der Waals surface area contributed by atoms with Crippen LogP contribution in [0.3, 0.4) is 0 Å². The Morgan fingerprint density at radius 3 is 2.47 bits per heavy atom. The maximum absolute atomic E-state index is 10.1. The van der Waals surface area contributed by atoms with Crippen LogP contribution in [-0.2, 0) is 0 Å². The average molecular weight is 261 g/mol. The van der Waals surface area contributed by atoms with Gasteiger partial charge in [0.05, 0.1) is 6.10 Å². The lowest BCUT2D eigenvalue weighted by atomic mass is 9.84. The minimum atomic E-state index is -0.334. The molecule has 1 aliphatic rings. The van der Waals surface area contributed by atoms with Gasteiger partial charge in [0, 0.05) is 0 Å². The molecule has 0 aliphatic heterocycles. The first-order chi connectivity index (χ1) is 9.31. The van der Waals surface area contributed by atoms with Gasteiger partial charge in [0.1, 0.15) is 0 Å². The van der Waals surface area contributed by atoms with E-state index in [0.717, 1.165) is 31.0 Å². The molecule has 1 aliphatic carbocycles. The predicted octanol–water partition coefficient (Wildman–Crippen LogP) is 3.77. The van der Waals surface area contributed by atoms with Gasteiger partial charge in [0.15, 0.2) is 0 Å². The Morgan fingerprint density at radius 1 is 1.16 bits per heavy atom. The highest BCUT2D eigenvalue weighted by Gasteiger charge is 2.15. The van der Waals surface area contributed by atoms with E-state index in [2.05, 4.69) is 36.5 Å². The molecule has 2 N–H and O–H groups in total. The van der Waals surface area contributed by atoms with Gasteiger partial charge in [-0.3, -0.25) is 0 Å². The van der Waals surface area contributed by atoms with Crippen molar-refractivity contribution in [2.75, 3.05) is 13.1 Å². The number of aliphatic hydroxyl groups excluding tert-OH is 1. The molecule has 0 heterocycles. The first-order valence-electron chi connectivity index (χ1n) is 7.80. The van der Waals surface area contributed by atoms with Crippen molar-refractivity contribution in [2.24, 2.45) is 0 Å². The highest BCUT2D eigenvalue weighted by molar-refractivity contribution is 5.27. The second kappa shape index (κ2) is 7.66. The predicted molar refractivity (Wildman–Crippen MR) is 80.4 cm³/mol. The highest BCUT2D eigenvalue weighted by Crippen LogP contribution is 2.33. The largest absolute Gasteiger partial charge is 0.388 e. The molecule has 1 aromatic carbocycles. The Bertz CT molecular complexity index is 354. The lowest BCUT2D eigenvalue weighted by molar-refractivity contribution is 0.167. The quantitative estimate of drug-likeness (QED) is 0.764. The zero-order valence-corrected chi connectivity index (χ0v) is 12.1. The third kappa shape index (κ3) is 4.32. The van der Waals surface area contributed by atoms with Crippen molar-refractivity contribution < 1.29 is 5.11 Å². The molecule has 0 bridgehead atoms. The molecule has 0 amide bonds. The van der Waals surface area contributed by atoms with E-state index in [1.807, 2.05) is 0 Å². The standard InChI is InChI=1S/C17H27NO/c1-2-18-13-12-17(19)16-10-8-15(9-11-16)14-6-4-3-5-7-14/h8-11,14,17-19H,2-7,12-13H2,1H3. The van der Waals surface area contributed by atoms with Crippen molar-refractivity contribution in [1.29, 1.82) is 0 Å². The normalized spacial score (nSPS) is 18.4. The molecule has 2 nitrogen and oxygen atoms in total. The fourth-order valence-corrected chi connectivity index (χ4v) is 3.01. The summed E-state index contributed by atoms with van der Waals surface area (Å²) in [5.41, 5.74) is 2.51. The van der Waals surface area contributed by atoms with Crippen LogP contribution in [0.2, 0.25) is 0 Å². The number of nitrogens with one attached hydrogen (secondary N) is 1. The van der Waals surface area contributed by atoms with Crippen LogP contribution in [0, 0.1) is 0 Å². The summed E-state index contributed by atoms with van der Waals surface area (Å²) in [5.74, 6) is 0.752. The summed E-state index contributed by atoms with van der Waals surface area (Å²) in [4.78, 5) is 0. The van der Waals surface area contributed by atoms with E-state index < -0.39 is 0 Å². The Morgan fingerprint density at radius 2 is 1.84 bits per heavy atom. The van der Waals surface area contributed by atoms with E-state index in [0.29, 0.717) is 0 Å². The Balaban J connectivity index is 1.89. The lowest BCUT2D eigenvalue weighted by Crippen LogP contribution is -2.16. The van der Waals surface area contributed by atoms with Gasteiger partial charge < -0.3 is 10.4 Å². The van der Waals surface area contributed by atoms with Gasteiger partial charge in [0.2, 0.25) is 0 Å². The summed E-state index contributed by atoms with van der Waals surface area (Å²) in [7, 11) is 0. The molecule has 1 saturated carbocycles. The number of rotatable bonds is 6. The summed E-state index contributed by atoms with van der Waals surface area (Å²) in [6, 6.07) is 8.67. The van der Waals surface area contributed by atoms with Crippen LogP contribution in [0.4, 0.5) is 0 Å². The zero-order valence-electron chi connectivity index (χ0n) is 12.1. The van der Waals surface area contributed by atoms with Crippen molar-refractivity contribution in [3.05, 3.63) is 35.4 Å². The molecule has 19 heavy (non-hydrogen) atoms. The molecule has 1 atom stereocenters. The third-order valence-electron chi connectivity index (χ3n) is 4.24. The summed E-state index contributed by atoms with van der Waals surface area (Å²) in [6.45, 7) is 3.93.